The highest BCUT2D eigenvalue weighted by Crippen LogP contribution is 2.34. The molecule has 2 aromatic carbocycles. The average molecular weight is 496 g/mol. The van der Waals surface area contributed by atoms with Crippen LogP contribution in [0.5, 0.6) is 17.2 Å². The molecule has 0 bridgehead atoms. The second-order valence-electron chi connectivity index (χ2n) is 7.38. The number of nitrogens with zero attached hydrogens (tertiary/aromatic N) is 1. The zero-order valence-corrected chi connectivity index (χ0v) is 18.8. The minimum atomic E-state index is -4.55. The van der Waals surface area contributed by atoms with Gasteiger partial charge in [0.1, 0.15) is 23.1 Å². The molecule has 0 unspecified atom stereocenters. The monoisotopic (exact) mass is 496 g/mol. The first-order valence-corrected chi connectivity index (χ1v) is 11.4. The van der Waals surface area contributed by atoms with E-state index in [4.69, 9.17) is 9.47 Å². The Morgan fingerprint density at radius 3 is 2.18 bits per heavy atom. The van der Waals surface area contributed by atoms with E-state index in [1.54, 1.807) is 13.8 Å². The molecular formula is C22H20F3N2O6P. The van der Waals surface area contributed by atoms with E-state index in [0.717, 1.165) is 12.1 Å². The maximum Gasteiger partial charge on any atom is 0.417 e. The van der Waals surface area contributed by atoms with Gasteiger partial charge in [-0.2, -0.15) is 13.2 Å². The van der Waals surface area contributed by atoms with Crippen LogP contribution in [0.4, 0.5) is 19.0 Å². The summed E-state index contributed by atoms with van der Waals surface area (Å²) in [5.74, 6) is -0.0148. The molecule has 0 radical (unpaired) electrons. The van der Waals surface area contributed by atoms with Crippen molar-refractivity contribution in [2.24, 2.45) is 0 Å². The smallest absolute Gasteiger partial charge is 0.417 e. The number of nitrogens with one attached hydrogen (secondary N) is 1. The fourth-order valence-corrected chi connectivity index (χ4v) is 3.31. The van der Waals surface area contributed by atoms with Gasteiger partial charge in [-0.1, -0.05) is 0 Å². The van der Waals surface area contributed by atoms with Gasteiger partial charge < -0.3 is 24.6 Å². The number of carbonyl (C=O) groups is 1. The fourth-order valence-electron chi connectivity index (χ4n) is 2.77. The highest BCUT2D eigenvalue weighted by Gasteiger charge is 2.30. The number of hydrogen-bond acceptors (Lipinski definition) is 5. The summed E-state index contributed by atoms with van der Waals surface area (Å²) in [5, 5.41) is 2.24. The number of alkyl halides is 3. The first kappa shape index (κ1) is 25.2. The Morgan fingerprint density at radius 2 is 1.65 bits per heavy atom. The van der Waals surface area contributed by atoms with Gasteiger partial charge in [0.2, 0.25) is 0 Å². The molecule has 0 aliphatic rings. The first-order valence-electron chi connectivity index (χ1n) is 9.81. The van der Waals surface area contributed by atoms with Gasteiger partial charge in [-0.05, 0) is 62.4 Å². The number of carbonyl (C=O) groups excluding carboxylic acids is 1. The molecule has 0 fully saturated rings. The molecule has 0 atom stereocenters. The third-order valence-electron chi connectivity index (χ3n) is 4.26. The Morgan fingerprint density at radius 1 is 1.00 bits per heavy atom. The molecule has 180 valence electrons. The van der Waals surface area contributed by atoms with Gasteiger partial charge in [-0.15, -0.1) is 0 Å². The van der Waals surface area contributed by atoms with Crippen molar-refractivity contribution in [3.8, 4) is 17.2 Å². The van der Waals surface area contributed by atoms with Crippen LogP contribution in [-0.4, -0.2) is 26.8 Å². The van der Waals surface area contributed by atoms with Crippen LogP contribution in [0.25, 0.3) is 0 Å². The maximum absolute atomic E-state index is 12.7. The van der Waals surface area contributed by atoms with E-state index in [1.165, 1.54) is 42.5 Å². The molecule has 3 N–H and O–H groups in total. The molecular weight excluding hydrogens is 476 g/mol. The van der Waals surface area contributed by atoms with Crippen LogP contribution in [0.1, 0.15) is 29.8 Å². The van der Waals surface area contributed by atoms with E-state index in [9.17, 15) is 32.3 Å². The lowest BCUT2D eigenvalue weighted by molar-refractivity contribution is -0.137. The standard InChI is InChI=1S/C22H20F3N2O6P/c1-13(2)32-17-9-14(21(28)27-20-8-3-15(12-26-20)22(23,24)25)10-18(11-17)33-16-4-6-19(7-5-16)34(29,30)31/h3-13H,1-2H3,(H,26,27,28)(H2,29,30,31). The molecule has 0 saturated carbocycles. The lowest BCUT2D eigenvalue weighted by Gasteiger charge is -2.14. The van der Waals surface area contributed by atoms with Crippen molar-refractivity contribution in [3.63, 3.8) is 0 Å². The predicted octanol–water partition coefficient (Wildman–Crippen LogP) is 4.74. The van der Waals surface area contributed by atoms with E-state index in [1.807, 2.05) is 0 Å². The summed E-state index contributed by atoms with van der Waals surface area (Å²) < 4.78 is 60.8. The number of benzene rings is 2. The Bertz CT molecular complexity index is 1210. The molecule has 1 aromatic heterocycles. The van der Waals surface area contributed by atoms with Crippen molar-refractivity contribution in [1.29, 1.82) is 0 Å². The van der Waals surface area contributed by atoms with Crippen molar-refractivity contribution in [2.75, 3.05) is 5.32 Å². The zero-order chi connectivity index (χ0) is 25.1. The molecule has 1 heterocycles. The Kier molecular flexibility index (Phi) is 7.30. The van der Waals surface area contributed by atoms with Gasteiger partial charge in [-0.3, -0.25) is 9.36 Å². The number of halogens is 3. The summed E-state index contributed by atoms with van der Waals surface area (Å²) in [6, 6.07) is 11.3. The molecule has 3 rings (SSSR count). The third-order valence-corrected chi connectivity index (χ3v) is 5.23. The molecule has 8 nitrogen and oxygen atoms in total. The van der Waals surface area contributed by atoms with Crippen molar-refractivity contribution < 1.29 is 41.8 Å². The summed E-state index contributed by atoms with van der Waals surface area (Å²) in [6.45, 7) is 3.56. The second kappa shape index (κ2) is 9.84. The van der Waals surface area contributed by atoms with Crippen LogP contribution in [0, 0.1) is 0 Å². The maximum atomic E-state index is 12.7. The zero-order valence-electron chi connectivity index (χ0n) is 17.9. The van der Waals surface area contributed by atoms with E-state index in [-0.39, 0.29) is 34.3 Å². The highest BCUT2D eigenvalue weighted by atomic mass is 31.2. The summed E-state index contributed by atoms with van der Waals surface area (Å²) >= 11 is 0. The van der Waals surface area contributed by atoms with Crippen molar-refractivity contribution in [3.05, 3.63) is 71.9 Å². The van der Waals surface area contributed by atoms with Crippen LogP contribution in [-0.2, 0) is 10.7 Å². The minimum Gasteiger partial charge on any atom is -0.491 e. The SMILES string of the molecule is CC(C)Oc1cc(Oc2ccc(P(=O)(O)O)cc2)cc(C(=O)Nc2ccc(C(F)(F)F)cn2)c1. The van der Waals surface area contributed by atoms with Crippen LogP contribution in [0.3, 0.4) is 0 Å². The predicted molar refractivity (Wildman–Crippen MR) is 118 cm³/mol. The molecule has 3 aromatic rings. The van der Waals surface area contributed by atoms with Crippen LogP contribution < -0.4 is 20.1 Å². The van der Waals surface area contributed by atoms with Crippen molar-refractivity contribution >= 4 is 24.6 Å². The number of ether oxygens (including phenoxy) is 2. The number of rotatable bonds is 7. The molecule has 0 aliphatic carbocycles. The van der Waals surface area contributed by atoms with Gasteiger partial charge in [-0.25, -0.2) is 4.98 Å². The lowest BCUT2D eigenvalue weighted by Crippen LogP contribution is -2.14. The van der Waals surface area contributed by atoms with Crippen LogP contribution >= 0.6 is 7.60 Å². The van der Waals surface area contributed by atoms with E-state index < -0.39 is 25.2 Å². The highest BCUT2D eigenvalue weighted by molar-refractivity contribution is 7.60. The van der Waals surface area contributed by atoms with Gasteiger partial charge in [0.15, 0.2) is 0 Å². The summed E-state index contributed by atoms with van der Waals surface area (Å²) in [5.41, 5.74) is -0.861. The largest absolute Gasteiger partial charge is 0.491 e. The van der Waals surface area contributed by atoms with Gasteiger partial charge >= 0.3 is 13.8 Å². The third kappa shape index (κ3) is 6.80. The van der Waals surface area contributed by atoms with Crippen LogP contribution in [0.2, 0.25) is 0 Å². The number of hydrogen-bond donors (Lipinski definition) is 3. The Hall–Kier alpha value is -3.40. The average Bonchev–Trinajstić information content (AvgIpc) is 2.72. The number of anilines is 1. The summed E-state index contributed by atoms with van der Waals surface area (Å²) in [4.78, 5) is 34.8. The van der Waals surface area contributed by atoms with E-state index in [0.29, 0.717) is 11.9 Å². The number of amides is 1. The normalized spacial score (nSPS) is 11.9. The van der Waals surface area contributed by atoms with E-state index >= 15 is 0 Å². The molecule has 34 heavy (non-hydrogen) atoms. The Balaban J connectivity index is 1.84. The van der Waals surface area contributed by atoms with E-state index in [2.05, 4.69) is 10.3 Å². The topological polar surface area (TPSA) is 118 Å². The van der Waals surface area contributed by atoms with Gasteiger partial charge in [0, 0.05) is 17.8 Å². The summed E-state index contributed by atoms with van der Waals surface area (Å²) in [7, 11) is -4.41. The quantitative estimate of drug-likeness (QED) is 0.405. The Labute approximate surface area is 192 Å². The van der Waals surface area contributed by atoms with Gasteiger partial charge in [0.05, 0.1) is 17.0 Å². The van der Waals surface area contributed by atoms with Crippen molar-refractivity contribution in [1.82, 2.24) is 4.98 Å². The molecule has 0 aliphatic heterocycles. The number of pyridine rings is 1. The van der Waals surface area contributed by atoms with Crippen molar-refractivity contribution in [2.45, 2.75) is 26.1 Å². The fraction of sp³-hybridized carbons (Fsp3) is 0.182. The molecule has 1 amide bonds. The summed E-state index contributed by atoms with van der Waals surface area (Å²) in [6.07, 6.45) is -4.16. The molecule has 0 saturated heterocycles. The minimum absolute atomic E-state index is 0.0799. The molecule has 0 spiro atoms. The lowest BCUT2D eigenvalue weighted by atomic mass is 10.1. The second-order valence-corrected chi connectivity index (χ2v) is 8.99. The van der Waals surface area contributed by atoms with Gasteiger partial charge in [0.25, 0.3) is 5.91 Å². The van der Waals surface area contributed by atoms with Crippen LogP contribution in [0.15, 0.2) is 60.8 Å². The molecule has 12 heteroatoms. The first-order chi connectivity index (χ1) is 15.8. The number of aromatic nitrogens is 1.